The minimum absolute atomic E-state index is 0.286. The molecular formula is C10H18O2. The van der Waals surface area contributed by atoms with Crippen LogP contribution in [0.15, 0.2) is 0 Å². The van der Waals surface area contributed by atoms with E-state index < -0.39 is 0 Å². The summed E-state index contributed by atoms with van der Waals surface area (Å²) in [4.78, 5) is 11.2. The molecular weight excluding hydrogens is 152 g/mol. The molecule has 0 bridgehead atoms. The van der Waals surface area contributed by atoms with Crippen LogP contribution in [0.3, 0.4) is 0 Å². The van der Waals surface area contributed by atoms with Gasteiger partial charge in [-0.2, -0.15) is 0 Å². The van der Waals surface area contributed by atoms with E-state index in [9.17, 15) is 4.79 Å². The van der Waals surface area contributed by atoms with Crippen molar-refractivity contribution >= 4 is 5.78 Å². The first-order chi connectivity index (χ1) is 5.75. The monoisotopic (exact) mass is 170 g/mol. The molecule has 0 saturated carbocycles. The smallest absolute Gasteiger partial charge is 0.133 e. The fourth-order valence-corrected chi connectivity index (χ4v) is 2.07. The van der Waals surface area contributed by atoms with Crippen molar-refractivity contribution in [2.75, 3.05) is 13.2 Å². The van der Waals surface area contributed by atoms with Crippen LogP contribution in [0.1, 0.15) is 33.1 Å². The number of carbonyl (C=O) groups excluding carboxylic acids is 1. The van der Waals surface area contributed by atoms with Crippen molar-refractivity contribution in [3.05, 3.63) is 0 Å². The Labute approximate surface area is 74.3 Å². The SMILES string of the molecule is CC[C@H](C(C)=O)C1CCOCC1. The van der Waals surface area contributed by atoms with E-state index in [0.717, 1.165) is 32.5 Å². The lowest BCUT2D eigenvalue weighted by Crippen LogP contribution is -2.27. The van der Waals surface area contributed by atoms with E-state index in [1.165, 1.54) is 0 Å². The molecule has 0 aliphatic carbocycles. The van der Waals surface area contributed by atoms with Gasteiger partial charge in [-0.3, -0.25) is 4.79 Å². The molecule has 1 saturated heterocycles. The Balaban J connectivity index is 2.46. The zero-order chi connectivity index (χ0) is 8.97. The van der Waals surface area contributed by atoms with Gasteiger partial charge in [0, 0.05) is 19.1 Å². The van der Waals surface area contributed by atoms with Crippen LogP contribution in [0.5, 0.6) is 0 Å². The number of hydrogen-bond acceptors (Lipinski definition) is 2. The average molecular weight is 170 g/mol. The van der Waals surface area contributed by atoms with Gasteiger partial charge in [0.25, 0.3) is 0 Å². The molecule has 2 nitrogen and oxygen atoms in total. The molecule has 1 rings (SSSR count). The lowest BCUT2D eigenvalue weighted by molar-refractivity contribution is -0.123. The summed E-state index contributed by atoms with van der Waals surface area (Å²) >= 11 is 0. The molecule has 1 atom stereocenters. The first kappa shape index (κ1) is 9.72. The Morgan fingerprint density at radius 1 is 1.50 bits per heavy atom. The molecule has 0 aromatic heterocycles. The van der Waals surface area contributed by atoms with Crippen LogP contribution in [0.25, 0.3) is 0 Å². The van der Waals surface area contributed by atoms with Gasteiger partial charge in [-0.05, 0) is 32.1 Å². The largest absolute Gasteiger partial charge is 0.381 e. The van der Waals surface area contributed by atoms with Crippen molar-refractivity contribution < 1.29 is 9.53 Å². The highest BCUT2D eigenvalue weighted by Gasteiger charge is 2.25. The molecule has 0 amide bonds. The van der Waals surface area contributed by atoms with Crippen LogP contribution >= 0.6 is 0 Å². The first-order valence-electron chi connectivity index (χ1n) is 4.84. The summed E-state index contributed by atoms with van der Waals surface area (Å²) < 4.78 is 5.26. The first-order valence-corrected chi connectivity index (χ1v) is 4.84. The topological polar surface area (TPSA) is 26.3 Å². The van der Waals surface area contributed by atoms with Gasteiger partial charge in [-0.15, -0.1) is 0 Å². The van der Waals surface area contributed by atoms with E-state index in [4.69, 9.17) is 4.74 Å². The van der Waals surface area contributed by atoms with Gasteiger partial charge in [-0.25, -0.2) is 0 Å². The van der Waals surface area contributed by atoms with Crippen molar-refractivity contribution in [1.82, 2.24) is 0 Å². The van der Waals surface area contributed by atoms with Crippen LogP contribution in [0.4, 0.5) is 0 Å². The zero-order valence-corrected chi connectivity index (χ0v) is 8.01. The van der Waals surface area contributed by atoms with E-state index in [0.29, 0.717) is 11.7 Å². The van der Waals surface area contributed by atoms with Crippen molar-refractivity contribution in [1.29, 1.82) is 0 Å². The molecule has 1 aliphatic heterocycles. The lowest BCUT2D eigenvalue weighted by atomic mass is 9.82. The molecule has 0 aromatic rings. The summed E-state index contributed by atoms with van der Waals surface area (Å²) in [5.74, 6) is 1.22. The molecule has 12 heavy (non-hydrogen) atoms. The van der Waals surface area contributed by atoms with Gasteiger partial charge < -0.3 is 4.74 Å². The zero-order valence-electron chi connectivity index (χ0n) is 8.01. The highest BCUT2D eigenvalue weighted by molar-refractivity contribution is 5.78. The summed E-state index contributed by atoms with van der Waals surface area (Å²) in [6, 6.07) is 0. The second-order valence-electron chi connectivity index (χ2n) is 3.58. The Hall–Kier alpha value is -0.370. The third-order valence-electron chi connectivity index (χ3n) is 2.80. The summed E-state index contributed by atoms with van der Waals surface area (Å²) in [6.45, 7) is 5.49. The summed E-state index contributed by atoms with van der Waals surface area (Å²) in [7, 11) is 0. The normalized spacial score (nSPS) is 22.2. The van der Waals surface area contributed by atoms with Crippen LogP contribution in [-0.4, -0.2) is 19.0 Å². The highest BCUT2D eigenvalue weighted by Crippen LogP contribution is 2.26. The number of ketones is 1. The number of rotatable bonds is 3. The van der Waals surface area contributed by atoms with E-state index in [1.807, 2.05) is 0 Å². The Morgan fingerprint density at radius 3 is 2.50 bits per heavy atom. The maximum Gasteiger partial charge on any atom is 0.133 e. The summed E-state index contributed by atoms with van der Waals surface area (Å²) in [5.41, 5.74) is 0. The highest BCUT2D eigenvalue weighted by atomic mass is 16.5. The summed E-state index contributed by atoms with van der Waals surface area (Å²) in [5, 5.41) is 0. The number of hydrogen-bond donors (Lipinski definition) is 0. The molecule has 0 aromatic carbocycles. The fourth-order valence-electron chi connectivity index (χ4n) is 2.07. The van der Waals surface area contributed by atoms with Gasteiger partial charge in [0.1, 0.15) is 5.78 Å². The third kappa shape index (κ3) is 2.31. The Kier molecular flexibility index (Phi) is 3.73. The molecule has 0 unspecified atom stereocenters. The molecule has 1 fully saturated rings. The van der Waals surface area contributed by atoms with Gasteiger partial charge in [0.2, 0.25) is 0 Å². The van der Waals surface area contributed by atoms with E-state index in [2.05, 4.69) is 6.92 Å². The predicted octanol–water partition coefficient (Wildman–Crippen LogP) is 2.03. The van der Waals surface area contributed by atoms with Crippen LogP contribution < -0.4 is 0 Å². The second-order valence-corrected chi connectivity index (χ2v) is 3.58. The maximum atomic E-state index is 11.2. The maximum absolute atomic E-state index is 11.2. The standard InChI is InChI=1S/C10H18O2/c1-3-10(8(2)11)9-4-6-12-7-5-9/h9-10H,3-7H2,1-2H3/t10-/m1/s1. The third-order valence-corrected chi connectivity index (χ3v) is 2.80. The summed E-state index contributed by atoms with van der Waals surface area (Å²) in [6.07, 6.45) is 3.12. The van der Waals surface area contributed by atoms with Gasteiger partial charge in [-0.1, -0.05) is 6.92 Å². The van der Waals surface area contributed by atoms with Crippen molar-refractivity contribution in [3.8, 4) is 0 Å². The molecule has 0 N–H and O–H groups in total. The Morgan fingerprint density at radius 2 is 2.08 bits per heavy atom. The van der Waals surface area contributed by atoms with Crippen molar-refractivity contribution in [3.63, 3.8) is 0 Å². The van der Waals surface area contributed by atoms with Gasteiger partial charge in [0.05, 0.1) is 0 Å². The predicted molar refractivity (Wildman–Crippen MR) is 48.0 cm³/mol. The molecule has 1 aliphatic rings. The fraction of sp³-hybridized carbons (Fsp3) is 0.900. The van der Waals surface area contributed by atoms with E-state index in [-0.39, 0.29) is 5.92 Å². The number of ether oxygens (including phenoxy) is 1. The molecule has 0 radical (unpaired) electrons. The second kappa shape index (κ2) is 4.61. The van der Waals surface area contributed by atoms with E-state index >= 15 is 0 Å². The van der Waals surface area contributed by atoms with E-state index in [1.54, 1.807) is 6.92 Å². The number of carbonyl (C=O) groups is 1. The van der Waals surface area contributed by atoms with Crippen molar-refractivity contribution in [2.45, 2.75) is 33.1 Å². The molecule has 2 heteroatoms. The van der Waals surface area contributed by atoms with Gasteiger partial charge in [0.15, 0.2) is 0 Å². The van der Waals surface area contributed by atoms with Crippen LogP contribution in [-0.2, 0) is 9.53 Å². The van der Waals surface area contributed by atoms with Gasteiger partial charge >= 0.3 is 0 Å². The lowest BCUT2D eigenvalue weighted by Gasteiger charge is -2.27. The molecule has 1 heterocycles. The minimum atomic E-state index is 0.286. The van der Waals surface area contributed by atoms with Crippen molar-refractivity contribution in [2.24, 2.45) is 11.8 Å². The average Bonchev–Trinajstić information content (AvgIpc) is 2.07. The molecule has 0 spiro atoms. The number of Topliss-reactive ketones (excluding diaryl/α,β-unsaturated/α-hetero) is 1. The Bertz CT molecular complexity index is 148. The van der Waals surface area contributed by atoms with Crippen LogP contribution in [0, 0.1) is 11.8 Å². The molecule has 70 valence electrons. The minimum Gasteiger partial charge on any atom is -0.381 e. The van der Waals surface area contributed by atoms with Crippen LogP contribution in [0.2, 0.25) is 0 Å². The quantitative estimate of drug-likeness (QED) is 0.647.